The standard InChI is InChI=1S/C14H21N3O5S/c1-21-12-4-3-11(9-13(12)22-2)23(19,20)17-7-5-10(6-8-17)14(18)16-15/h3-4,9-10H,5-8,15H2,1-2H3,(H,16,18). The minimum atomic E-state index is -3.64. The monoisotopic (exact) mass is 343 g/mol. The third-order valence-electron chi connectivity index (χ3n) is 3.96. The summed E-state index contributed by atoms with van der Waals surface area (Å²) in [5, 5.41) is 0. The van der Waals surface area contributed by atoms with Crippen LogP contribution >= 0.6 is 0 Å². The minimum Gasteiger partial charge on any atom is -0.493 e. The number of sulfonamides is 1. The number of nitrogens with two attached hydrogens (primary N) is 1. The van der Waals surface area contributed by atoms with Gasteiger partial charge in [0.25, 0.3) is 0 Å². The maximum atomic E-state index is 12.7. The van der Waals surface area contributed by atoms with E-state index in [1.54, 1.807) is 6.07 Å². The molecule has 9 heteroatoms. The van der Waals surface area contributed by atoms with Gasteiger partial charge in [-0.3, -0.25) is 10.2 Å². The molecule has 1 aromatic carbocycles. The van der Waals surface area contributed by atoms with Crippen molar-refractivity contribution < 1.29 is 22.7 Å². The molecule has 23 heavy (non-hydrogen) atoms. The summed E-state index contributed by atoms with van der Waals surface area (Å²) in [6.45, 7) is 0.545. The van der Waals surface area contributed by atoms with Gasteiger partial charge in [-0.25, -0.2) is 14.3 Å². The van der Waals surface area contributed by atoms with Crippen LogP contribution in [-0.2, 0) is 14.8 Å². The van der Waals surface area contributed by atoms with E-state index in [0.29, 0.717) is 24.3 Å². The number of piperidine rings is 1. The van der Waals surface area contributed by atoms with Gasteiger partial charge in [-0.2, -0.15) is 4.31 Å². The summed E-state index contributed by atoms with van der Waals surface area (Å²) < 4.78 is 37.0. The molecule has 0 atom stereocenters. The number of hydrogen-bond acceptors (Lipinski definition) is 6. The first-order valence-electron chi connectivity index (χ1n) is 7.16. The third-order valence-corrected chi connectivity index (χ3v) is 5.85. The average molecular weight is 343 g/mol. The van der Waals surface area contributed by atoms with Crippen LogP contribution in [-0.4, -0.2) is 45.9 Å². The van der Waals surface area contributed by atoms with Gasteiger partial charge in [0, 0.05) is 25.1 Å². The number of amides is 1. The zero-order valence-corrected chi connectivity index (χ0v) is 13.9. The van der Waals surface area contributed by atoms with Gasteiger partial charge < -0.3 is 9.47 Å². The van der Waals surface area contributed by atoms with E-state index in [1.165, 1.54) is 30.7 Å². The molecule has 0 aromatic heterocycles. The molecule has 2 rings (SSSR count). The first kappa shape index (κ1) is 17.5. The zero-order valence-electron chi connectivity index (χ0n) is 13.1. The molecular formula is C14H21N3O5S. The van der Waals surface area contributed by atoms with Crippen LogP contribution in [0, 0.1) is 5.92 Å². The molecule has 1 fully saturated rings. The number of benzene rings is 1. The highest BCUT2D eigenvalue weighted by molar-refractivity contribution is 7.89. The Hall–Kier alpha value is -1.84. The Kier molecular flexibility index (Phi) is 5.45. The topological polar surface area (TPSA) is 111 Å². The smallest absolute Gasteiger partial charge is 0.243 e. The predicted octanol–water partition coefficient (Wildman–Crippen LogP) is 0.0944. The van der Waals surface area contributed by atoms with Crippen molar-refractivity contribution in [3.8, 4) is 11.5 Å². The predicted molar refractivity (Wildman–Crippen MR) is 83.4 cm³/mol. The van der Waals surface area contributed by atoms with Crippen molar-refractivity contribution in [3.05, 3.63) is 18.2 Å². The van der Waals surface area contributed by atoms with E-state index < -0.39 is 10.0 Å². The van der Waals surface area contributed by atoms with E-state index in [4.69, 9.17) is 15.3 Å². The van der Waals surface area contributed by atoms with Crippen molar-refractivity contribution in [3.63, 3.8) is 0 Å². The van der Waals surface area contributed by atoms with E-state index in [1.807, 2.05) is 0 Å². The van der Waals surface area contributed by atoms with Crippen LogP contribution in [0.15, 0.2) is 23.1 Å². The maximum absolute atomic E-state index is 12.7. The van der Waals surface area contributed by atoms with Crippen molar-refractivity contribution in [2.75, 3.05) is 27.3 Å². The summed E-state index contributed by atoms with van der Waals surface area (Å²) in [6.07, 6.45) is 0.880. The van der Waals surface area contributed by atoms with Crippen LogP contribution in [0.25, 0.3) is 0 Å². The Morgan fingerprint density at radius 2 is 1.83 bits per heavy atom. The number of hydrazine groups is 1. The molecule has 0 spiro atoms. The van der Waals surface area contributed by atoms with E-state index in [0.717, 1.165) is 0 Å². The second kappa shape index (κ2) is 7.16. The lowest BCUT2D eigenvalue weighted by molar-refractivity contribution is -0.126. The van der Waals surface area contributed by atoms with Gasteiger partial charge in [0.2, 0.25) is 15.9 Å². The van der Waals surface area contributed by atoms with Gasteiger partial charge in [-0.05, 0) is 25.0 Å². The normalized spacial score (nSPS) is 16.8. The van der Waals surface area contributed by atoms with Crippen LogP contribution in [0.2, 0.25) is 0 Å². The Morgan fingerprint density at radius 1 is 1.22 bits per heavy atom. The number of carbonyl (C=O) groups excluding carboxylic acids is 1. The lowest BCUT2D eigenvalue weighted by Gasteiger charge is -2.30. The van der Waals surface area contributed by atoms with Crippen molar-refractivity contribution in [2.24, 2.45) is 11.8 Å². The molecule has 128 valence electrons. The molecule has 1 aromatic rings. The lowest BCUT2D eigenvalue weighted by Crippen LogP contribution is -2.44. The first-order valence-corrected chi connectivity index (χ1v) is 8.60. The molecule has 8 nitrogen and oxygen atoms in total. The van der Waals surface area contributed by atoms with Crippen molar-refractivity contribution in [1.29, 1.82) is 0 Å². The fourth-order valence-corrected chi connectivity index (χ4v) is 4.09. The molecule has 0 bridgehead atoms. The van der Waals surface area contributed by atoms with E-state index in [9.17, 15) is 13.2 Å². The van der Waals surface area contributed by atoms with Gasteiger partial charge in [-0.1, -0.05) is 0 Å². The molecule has 1 amide bonds. The van der Waals surface area contributed by atoms with Crippen molar-refractivity contribution >= 4 is 15.9 Å². The molecule has 1 aliphatic rings. The Bertz CT molecular complexity index is 669. The van der Waals surface area contributed by atoms with E-state index >= 15 is 0 Å². The first-order chi connectivity index (χ1) is 10.9. The van der Waals surface area contributed by atoms with E-state index in [2.05, 4.69) is 5.43 Å². The highest BCUT2D eigenvalue weighted by atomic mass is 32.2. The quantitative estimate of drug-likeness (QED) is 0.445. The number of nitrogens with zero attached hydrogens (tertiary/aromatic N) is 1. The molecule has 0 unspecified atom stereocenters. The second-order valence-electron chi connectivity index (χ2n) is 5.20. The van der Waals surface area contributed by atoms with Crippen LogP contribution in [0.4, 0.5) is 0 Å². The molecular weight excluding hydrogens is 322 g/mol. The average Bonchev–Trinajstić information content (AvgIpc) is 2.60. The molecule has 0 aliphatic carbocycles. The molecule has 1 aliphatic heterocycles. The second-order valence-corrected chi connectivity index (χ2v) is 7.14. The van der Waals surface area contributed by atoms with Crippen molar-refractivity contribution in [1.82, 2.24) is 9.73 Å². The van der Waals surface area contributed by atoms with Gasteiger partial charge in [0.1, 0.15) is 0 Å². The van der Waals surface area contributed by atoms with Crippen LogP contribution in [0.1, 0.15) is 12.8 Å². The highest BCUT2D eigenvalue weighted by Crippen LogP contribution is 2.31. The van der Waals surface area contributed by atoms with Crippen molar-refractivity contribution in [2.45, 2.75) is 17.7 Å². The van der Waals surface area contributed by atoms with Crippen LogP contribution < -0.4 is 20.7 Å². The Morgan fingerprint density at radius 3 is 2.35 bits per heavy atom. The van der Waals surface area contributed by atoms with Crippen LogP contribution in [0.5, 0.6) is 11.5 Å². The molecule has 1 saturated heterocycles. The van der Waals surface area contributed by atoms with Gasteiger partial charge in [0.05, 0.1) is 19.1 Å². The zero-order chi connectivity index (χ0) is 17.0. The minimum absolute atomic E-state index is 0.136. The van der Waals surface area contributed by atoms with E-state index in [-0.39, 0.29) is 29.8 Å². The summed E-state index contributed by atoms with van der Waals surface area (Å²) in [5.41, 5.74) is 2.11. The van der Waals surface area contributed by atoms with Crippen LogP contribution in [0.3, 0.4) is 0 Å². The summed E-state index contributed by atoms with van der Waals surface area (Å²) in [6, 6.07) is 4.47. The maximum Gasteiger partial charge on any atom is 0.243 e. The lowest BCUT2D eigenvalue weighted by atomic mass is 9.98. The fraction of sp³-hybridized carbons (Fsp3) is 0.500. The number of hydrogen-bond donors (Lipinski definition) is 2. The molecule has 0 radical (unpaired) electrons. The number of methoxy groups -OCH3 is 2. The number of rotatable bonds is 5. The molecule has 1 heterocycles. The third kappa shape index (κ3) is 3.57. The summed E-state index contributed by atoms with van der Waals surface area (Å²) in [7, 11) is -0.706. The summed E-state index contributed by atoms with van der Waals surface area (Å²) >= 11 is 0. The largest absolute Gasteiger partial charge is 0.493 e. The SMILES string of the molecule is COc1ccc(S(=O)(=O)N2CCC(C(=O)NN)CC2)cc1OC. The summed E-state index contributed by atoms with van der Waals surface area (Å²) in [4.78, 5) is 11.6. The van der Waals surface area contributed by atoms with Gasteiger partial charge >= 0.3 is 0 Å². The number of nitrogens with one attached hydrogen (secondary N) is 1. The fourth-order valence-electron chi connectivity index (χ4n) is 2.60. The number of ether oxygens (including phenoxy) is 2. The molecule has 0 saturated carbocycles. The van der Waals surface area contributed by atoms with Gasteiger partial charge in [-0.15, -0.1) is 0 Å². The highest BCUT2D eigenvalue weighted by Gasteiger charge is 2.32. The Balaban J connectivity index is 2.18. The Labute approximate surface area is 135 Å². The number of carbonyl (C=O) groups is 1. The summed E-state index contributed by atoms with van der Waals surface area (Å²) in [5.74, 6) is 5.42. The molecule has 3 N–H and O–H groups in total. The van der Waals surface area contributed by atoms with Gasteiger partial charge in [0.15, 0.2) is 11.5 Å².